The summed E-state index contributed by atoms with van der Waals surface area (Å²) >= 11 is 1.62. The Morgan fingerprint density at radius 1 is 0.852 bits per heavy atom. The van der Waals surface area contributed by atoms with Gasteiger partial charge in [-0.15, -0.1) is 0 Å². The Morgan fingerprint density at radius 3 is 2.19 bits per heavy atom. The second-order valence-corrected chi connectivity index (χ2v) is 7.24. The van der Waals surface area contributed by atoms with Crippen LogP contribution < -0.4 is 0 Å². The Kier molecular flexibility index (Phi) is 5.07. The van der Waals surface area contributed by atoms with Crippen LogP contribution in [0.15, 0.2) is 90.1 Å². The molecule has 4 heteroatoms. The SMILES string of the molecule is Cn1c(SCc2cccc(F)c2)nc(-c2ccccc2)c1-c1ccccc1. The summed E-state index contributed by atoms with van der Waals surface area (Å²) in [5.74, 6) is 0.466. The molecule has 0 aliphatic carbocycles. The van der Waals surface area contributed by atoms with Crippen LogP contribution >= 0.6 is 11.8 Å². The van der Waals surface area contributed by atoms with Crippen LogP contribution in [0.5, 0.6) is 0 Å². The van der Waals surface area contributed by atoms with E-state index in [1.165, 1.54) is 6.07 Å². The molecule has 0 aliphatic rings. The van der Waals surface area contributed by atoms with Gasteiger partial charge in [-0.3, -0.25) is 0 Å². The predicted octanol–water partition coefficient (Wildman–Crippen LogP) is 6.19. The first-order chi connectivity index (χ1) is 13.2. The predicted molar refractivity (Wildman–Crippen MR) is 110 cm³/mol. The molecule has 0 bridgehead atoms. The highest BCUT2D eigenvalue weighted by Crippen LogP contribution is 2.35. The minimum Gasteiger partial charge on any atom is -0.322 e. The van der Waals surface area contributed by atoms with Crippen molar-refractivity contribution >= 4 is 11.8 Å². The lowest BCUT2D eigenvalue weighted by atomic mass is 10.1. The molecule has 0 fully saturated rings. The molecule has 0 spiro atoms. The average Bonchev–Trinajstić information content (AvgIpc) is 3.04. The highest BCUT2D eigenvalue weighted by Gasteiger charge is 2.18. The fraction of sp³-hybridized carbons (Fsp3) is 0.0870. The molecule has 0 saturated carbocycles. The topological polar surface area (TPSA) is 17.8 Å². The summed E-state index contributed by atoms with van der Waals surface area (Å²) in [6, 6.07) is 27.2. The van der Waals surface area contributed by atoms with Gasteiger partial charge in [0.05, 0.1) is 11.4 Å². The Bertz CT molecular complexity index is 1040. The molecule has 4 rings (SSSR count). The van der Waals surface area contributed by atoms with E-state index in [4.69, 9.17) is 4.98 Å². The Morgan fingerprint density at radius 2 is 1.52 bits per heavy atom. The maximum atomic E-state index is 13.5. The first-order valence-electron chi connectivity index (χ1n) is 8.77. The quantitative estimate of drug-likeness (QED) is 0.388. The molecule has 2 nitrogen and oxygen atoms in total. The third-order valence-corrected chi connectivity index (χ3v) is 5.51. The molecule has 134 valence electrons. The van der Waals surface area contributed by atoms with E-state index in [0.717, 1.165) is 33.2 Å². The molecule has 0 saturated heterocycles. The van der Waals surface area contributed by atoms with Gasteiger partial charge in [0.1, 0.15) is 5.82 Å². The number of thioether (sulfide) groups is 1. The van der Waals surface area contributed by atoms with Crippen LogP contribution in [-0.4, -0.2) is 9.55 Å². The van der Waals surface area contributed by atoms with Gasteiger partial charge in [-0.05, 0) is 17.7 Å². The molecule has 0 N–H and O–H groups in total. The monoisotopic (exact) mass is 374 g/mol. The van der Waals surface area contributed by atoms with Gasteiger partial charge in [-0.1, -0.05) is 84.6 Å². The second kappa shape index (κ2) is 7.80. The largest absolute Gasteiger partial charge is 0.322 e. The molecule has 4 aromatic rings. The van der Waals surface area contributed by atoms with E-state index in [9.17, 15) is 4.39 Å². The first-order valence-corrected chi connectivity index (χ1v) is 9.76. The molecule has 27 heavy (non-hydrogen) atoms. The standard InChI is InChI=1S/C23H19FN2S/c1-26-22(19-12-6-3-7-13-19)21(18-10-4-2-5-11-18)25-23(26)27-16-17-9-8-14-20(24)15-17/h2-15H,16H2,1H3. The van der Waals surface area contributed by atoms with Crippen LogP contribution in [0.3, 0.4) is 0 Å². The first kappa shape index (κ1) is 17.6. The third kappa shape index (κ3) is 3.81. The number of aromatic nitrogens is 2. The van der Waals surface area contributed by atoms with Crippen LogP contribution in [0.2, 0.25) is 0 Å². The van der Waals surface area contributed by atoms with Crippen molar-refractivity contribution in [2.75, 3.05) is 0 Å². The molecule has 0 aliphatic heterocycles. The van der Waals surface area contributed by atoms with Crippen molar-refractivity contribution in [2.45, 2.75) is 10.9 Å². The number of hydrogen-bond donors (Lipinski definition) is 0. The van der Waals surface area contributed by atoms with Crippen LogP contribution in [0, 0.1) is 5.82 Å². The van der Waals surface area contributed by atoms with Crippen molar-refractivity contribution in [3.8, 4) is 22.5 Å². The minimum atomic E-state index is -0.206. The molecule has 1 heterocycles. The van der Waals surface area contributed by atoms with Gasteiger partial charge in [-0.2, -0.15) is 0 Å². The summed E-state index contributed by atoms with van der Waals surface area (Å²) in [6.07, 6.45) is 0. The summed E-state index contributed by atoms with van der Waals surface area (Å²) in [6.45, 7) is 0. The average molecular weight is 374 g/mol. The van der Waals surface area contributed by atoms with Crippen LogP contribution in [0.1, 0.15) is 5.56 Å². The van der Waals surface area contributed by atoms with Crippen LogP contribution in [-0.2, 0) is 12.8 Å². The maximum absolute atomic E-state index is 13.5. The van der Waals surface area contributed by atoms with Gasteiger partial charge in [0.25, 0.3) is 0 Å². The summed E-state index contributed by atoms with van der Waals surface area (Å²) < 4.78 is 15.6. The zero-order valence-electron chi connectivity index (χ0n) is 15.0. The van der Waals surface area contributed by atoms with Gasteiger partial charge < -0.3 is 4.57 Å². The maximum Gasteiger partial charge on any atom is 0.169 e. The Labute approximate surface area is 162 Å². The van der Waals surface area contributed by atoms with Crippen molar-refractivity contribution in [1.82, 2.24) is 9.55 Å². The van der Waals surface area contributed by atoms with E-state index >= 15 is 0 Å². The van der Waals surface area contributed by atoms with E-state index in [1.54, 1.807) is 23.9 Å². The number of nitrogens with zero attached hydrogens (tertiary/aromatic N) is 2. The van der Waals surface area contributed by atoms with E-state index < -0.39 is 0 Å². The van der Waals surface area contributed by atoms with Crippen LogP contribution in [0.25, 0.3) is 22.5 Å². The number of hydrogen-bond acceptors (Lipinski definition) is 2. The van der Waals surface area contributed by atoms with Gasteiger partial charge in [0.15, 0.2) is 5.16 Å². The summed E-state index contributed by atoms with van der Waals surface area (Å²) in [5.41, 5.74) is 5.22. The van der Waals surface area contributed by atoms with Gasteiger partial charge >= 0.3 is 0 Å². The molecule has 0 radical (unpaired) electrons. The zero-order valence-corrected chi connectivity index (χ0v) is 15.8. The normalized spacial score (nSPS) is 10.9. The minimum absolute atomic E-state index is 0.206. The van der Waals surface area contributed by atoms with Crippen molar-refractivity contribution in [3.63, 3.8) is 0 Å². The summed E-state index contributed by atoms with van der Waals surface area (Å²) in [4.78, 5) is 4.93. The van der Waals surface area contributed by atoms with Crippen LogP contribution in [0.4, 0.5) is 4.39 Å². The molecule has 1 aromatic heterocycles. The fourth-order valence-electron chi connectivity index (χ4n) is 3.11. The summed E-state index contributed by atoms with van der Waals surface area (Å²) in [5, 5.41) is 0.914. The van der Waals surface area contributed by atoms with E-state index in [0.29, 0.717) is 5.75 Å². The molecule has 0 amide bonds. The molecular weight excluding hydrogens is 355 g/mol. The number of halogens is 1. The molecule has 3 aromatic carbocycles. The smallest absolute Gasteiger partial charge is 0.169 e. The summed E-state index contributed by atoms with van der Waals surface area (Å²) in [7, 11) is 2.04. The highest BCUT2D eigenvalue weighted by atomic mass is 32.2. The van der Waals surface area contributed by atoms with Gasteiger partial charge in [0, 0.05) is 23.9 Å². The van der Waals surface area contributed by atoms with E-state index in [-0.39, 0.29) is 5.82 Å². The highest BCUT2D eigenvalue weighted by molar-refractivity contribution is 7.98. The van der Waals surface area contributed by atoms with Crippen molar-refractivity contribution in [3.05, 3.63) is 96.3 Å². The number of imidazole rings is 1. The van der Waals surface area contributed by atoms with Gasteiger partial charge in [-0.25, -0.2) is 9.37 Å². The second-order valence-electron chi connectivity index (χ2n) is 6.30. The lowest BCUT2D eigenvalue weighted by Crippen LogP contribution is -1.95. The van der Waals surface area contributed by atoms with Crippen molar-refractivity contribution in [1.29, 1.82) is 0 Å². The molecular formula is C23H19FN2S. The molecule has 0 unspecified atom stereocenters. The zero-order chi connectivity index (χ0) is 18.6. The number of rotatable bonds is 5. The van der Waals surface area contributed by atoms with Crippen molar-refractivity contribution < 1.29 is 4.39 Å². The lowest BCUT2D eigenvalue weighted by molar-refractivity contribution is 0.626. The van der Waals surface area contributed by atoms with E-state index in [2.05, 4.69) is 28.8 Å². The van der Waals surface area contributed by atoms with Crippen molar-refractivity contribution in [2.24, 2.45) is 7.05 Å². The molecule has 0 atom stereocenters. The third-order valence-electron chi connectivity index (χ3n) is 4.41. The van der Waals surface area contributed by atoms with E-state index in [1.807, 2.05) is 49.5 Å². The Hall–Kier alpha value is -2.85. The fourth-order valence-corrected chi connectivity index (χ4v) is 4.02. The number of benzene rings is 3. The lowest BCUT2D eigenvalue weighted by Gasteiger charge is -2.08. The van der Waals surface area contributed by atoms with Gasteiger partial charge in [0.2, 0.25) is 0 Å². The Balaban J connectivity index is 1.74.